The molecule has 2 aromatic rings. The Balaban J connectivity index is 2.31. The number of nitrogens with two attached hydrogens (primary N) is 1. The zero-order valence-electron chi connectivity index (χ0n) is 10.2. The Hall–Kier alpha value is -1.40. The van der Waals surface area contributed by atoms with Gasteiger partial charge in [0.15, 0.2) is 0 Å². The van der Waals surface area contributed by atoms with Crippen molar-refractivity contribution in [2.45, 2.75) is 19.4 Å². The Bertz CT molecular complexity index is 542. The summed E-state index contributed by atoms with van der Waals surface area (Å²) >= 11 is 3.42. The van der Waals surface area contributed by atoms with Gasteiger partial charge in [0.1, 0.15) is 5.75 Å². The number of aromatic nitrogens is 2. The molecule has 1 heterocycles. The van der Waals surface area contributed by atoms with Gasteiger partial charge in [-0.2, -0.15) is 4.98 Å². The van der Waals surface area contributed by atoms with Crippen LogP contribution in [0.4, 0.5) is 0 Å². The van der Waals surface area contributed by atoms with Gasteiger partial charge in [0.2, 0.25) is 11.7 Å². The van der Waals surface area contributed by atoms with Crippen molar-refractivity contribution in [3.8, 4) is 17.1 Å². The summed E-state index contributed by atoms with van der Waals surface area (Å²) < 4.78 is 11.1. The van der Waals surface area contributed by atoms with Gasteiger partial charge in [-0.3, -0.25) is 0 Å². The second kappa shape index (κ2) is 5.49. The van der Waals surface area contributed by atoms with Crippen LogP contribution in [0.5, 0.6) is 5.75 Å². The maximum atomic E-state index is 5.84. The van der Waals surface area contributed by atoms with Gasteiger partial charge in [0.25, 0.3) is 0 Å². The molecule has 0 saturated carbocycles. The number of ether oxygens (including phenoxy) is 1. The van der Waals surface area contributed by atoms with E-state index in [9.17, 15) is 0 Å². The Morgan fingerprint density at radius 3 is 2.89 bits per heavy atom. The predicted molar refractivity (Wildman–Crippen MR) is 71.2 cm³/mol. The van der Waals surface area contributed by atoms with E-state index >= 15 is 0 Å². The van der Waals surface area contributed by atoms with Crippen molar-refractivity contribution in [3.05, 3.63) is 28.6 Å². The number of halogens is 1. The molecule has 1 aromatic carbocycles. The van der Waals surface area contributed by atoms with E-state index in [1.807, 2.05) is 25.1 Å². The first-order valence-corrected chi connectivity index (χ1v) is 6.38. The van der Waals surface area contributed by atoms with E-state index in [0.717, 1.165) is 22.2 Å². The van der Waals surface area contributed by atoms with Gasteiger partial charge in [-0.1, -0.05) is 12.1 Å². The summed E-state index contributed by atoms with van der Waals surface area (Å²) in [6, 6.07) is 5.38. The van der Waals surface area contributed by atoms with Crippen LogP contribution in [-0.4, -0.2) is 17.3 Å². The Morgan fingerprint density at radius 2 is 2.28 bits per heavy atom. The standard InChI is InChI=1S/C12H14BrN3O2/c1-3-9(14)12-15-11(16-18-12)7-4-5-10(17-2)8(13)6-7/h4-6,9H,3,14H2,1-2H3/t9-/m0/s1. The van der Waals surface area contributed by atoms with Gasteiger partial charge in [0, 0.05) is 5.56 Å². The molecule has 0 radical (unpaired) electrons. The highest BCUT2D eigenvalue weighted by Gasteiger charge is 2.14. The smallest absolute Gasteiger partial charge is 0.243 e. The van der Waals surface area contributed by atoms with Crippen molar-refractivity contribution >= 4 is 15.9 Å². The molecule has 0 fully saturated rings. The topological polar surface area (TPSA) is 74.2 Å². The van der Waals surface area contributed by atoms with Gasteiger partial charge in [-0.25, -0.2) is 0 Å². The number of rotatable bonds is 4. The van der Waals surface area contributed by atoms with Gasteiger partial charge >= 0.3 is 0 Å². The summed E-state index contributed by atoms with van der Waals surface area (Å²) in [4.78, 5) is 4.28. The number of nitrogens with zero attached hydrogens (tertiary/aromatic N) is 2. The fourth-order valence-electron chi connectivity index (χ4n) is 1.48. The molecule has 0 aliphatic rings. The van der Waals surface area contributed by atoms with Crippen LogP contribution < -0.4 is 10.5 Å². The molecular formula is C12H14BrN3O2. The minimum Gasteiger partial charge on any atom is -0.496 e. The molecule has 0 bridgehead atoms. The van der Waals surface area contributed by atoms with E-state index < -0.39 is 0 Å². The van der Waals surface area contributed by atoms with Gasteiger partial charge in [-0.15, -0.1) is 0 Å². The average molecular weight is 312 g/mol. The van der Waals surface area contributed by atoms with Crippen LogP contribution in [0, 0.1) is 0 Å². The third-order valence-corrected chi connectivity index (χ3v) is 3.23. The molecule has 2 N–H and O–H groups in total. The van der Waals surface area contributed by atoms with Gasteiger partial charge in [0.05, 0.1) is 17.6 Å². The minimum atomic E-state index is -0.215. The molecule has 5 nitrogen and oxygen atoms in total. The first-order valence-electron chi connectivity index (χ1n) is 5.58. The van der Waals surface area contributed by atoms with Crippen molar-refractivity contribution in [3.63, 3.8) is 0 Å². The number of methoxy groups -OCH3 is 1. The SMILES string of the molecule is CC[C@H](N)c1nc(-c2ccc(OC)c(Br)c2)no1. The van der Waals surface area contributed by atoms with Crippen LogP contribution >= 0.6 is 15.9 Å². The number of benzene rings is 1. The van der Waals surface area contributed by atoms with Crippen molar-refractivity contribution in [1.29, 1.82) is 0 Å². The lowest BCUT2D eigenvalue weighted by atomic mass is 10.2. The average Bonchev–Trinajstić information content (AvgIpc) is 2.87. The molecule has 6 heteroatoms. The Kier molecular flexibility index (Phi) is 3.98. The van der Waals surface area contributed by atoms with Crippen LogP contribution in [0.3, 0.4) is 0 Å². The highest BCUT2D eigenvalue weighted by Crippen LogP contribution is 2.29. The fourth-order valence-corrected chi connectivity index (χ4v) is 2.02. The van der Waals surface area contributed by atoms with Crippen LogP contribution in [0.15, 0.2) is 27.2 Å². The quantitative estimate of drug-likeness (QED) is 0.939. The second-order valence-electron chi connectivity index (χ2n) is 3.82. The van der Waals surface area contributed by atoms with Crippen LogP contribution in [0.1, 0.15) is 25.3 Å². The summed E-state index contributed by atoms with van der Waals surface area (Å²) in [6.07, 6.45) is 0.758. The highest BCUT2D eigenvalue weighted by molar-refractivity contribution is 9.10. The summed E-state index contributed by atoms with van der Waals surface area (Å²) in [5.74, 6) is 1.74. The van der Waals surface area contributed by atoms with Crippen LogP contribution in [0.2, 0.25) is 0 Å². The number of hydrogen-bond donors (Lipinski definition) is 1. The Morgan fingerprint density at radius 1 is 1.50 bits per heavy atom. The molecule has 0 amide bonds. The highest BCUT2D eigenvalue weighted by atomic mass is 79.9. The summed E-state index contributed by atoms with van der Waals surface area (Å²) in [6.45, 7) is 1.97. The van der Waals surface area contributed by atoms with Crippen LogP contribution in [-0.2, 0) is 0 Å². The maximum Gasteiger partial charge on any atom is 0.243 e. The van der Waals surface area contributed by atoms with E-state index in [-0.39, 0.29) is 6.04 Å². The first-order chi connectivity index (χ1) is 8.65. The third-order valence-electron chi connectivity index (χ3n) is 2.61. The monoisotopic (exact) mass is 311 g/mol. The molecule has 2 rings (SSSR count). The molecule has 1 atom stereocenters. The molecule has 0 spiro atoms. The van der Waals surface area contributed by atoms with Crippen molar-refractivity contribution in [1.82, 2.24) is 10.1 Å². The van der Waals surface area contributed by atoms with E-state index in [0.29, 0.717) is 11.7 Å². The largest absolute Gasteiger partial charge is 0.496 e. The lowest BCUT2D eigenvalue weighted by molar-refractivity contribution is 0.352. The normalized spacial score (nSPS) is 12.4. The lowest BCUT2D eigenvalue weighted by Gasteiger charge is -2.03. The Labute approximate surface area is 113 Å². The molecule has 0 unspecified atom stereocenters. The van der Waals surface area contributed by atoms with E-state index in [1.165, 1.54) is 0 Å². The van der Waals surface area contributed by atoms with Crippen molar-refractivity contribution in [2.24, 2.45) is 5.73 Å². The molecular weight excluding hydrogens is 298 g/mol. The van der Waals surface area contributed by atoms with Crippen molar-refractivity contribution < 1.29 is 9.26 Å². The first kappa shape index (κ1) is 13.0. The molecule has 0 aliphatic carbocycles. The molecule has 96 valence electrons. The van der Waals surface area contributed by atoms with E-state index in [2.05, 4.69) is 26.1 Å². The third kappa shape index (κ3) is 2.54. The fraction of sp³-hybridized carbons (Fsp3) is 0.333. The molecule has 0 aliphatic heterocycles. The molecule has 18 heavy (non-hydrogen) atoms. The van der Waals surface area contributed by atoms with Gasteiger partial charge < -0.3 is 15.0 Å². The predicted octanol–water partition coefficient (Wildman–Crippen LogP) is 2.92. The maximum absolute atomic E-state index is 5.84. The van der Waals surface area contributed by atoms with Crippen molar-refractivity contribution in [2.75, 3.05) is 7.11 Å². The summed E-state index contributed by atoms with van der Waals surface area (Å²) in [7, 11) is 1.62. The van der Waals surface area contributed by atoms with E-state index in [1.54, 1.807) is 7.11 Å². The zero-order valence-corrected chi connectivity index (χ0v) is 11.8. The van der Waals surface area contributed by atoms with E-state index in [4.69, 9.17) is 15.0 Å². The summed E-state index contributed by atoms with van der Waals surface area (Å²) in [5, 5.41) is 3.92. The minimum absolute atomic E-state index is 0.215. The summed E-state index contributed by atoms with van der Waals surface area (Å²) in [5.41, 5.74) is 6.68. The lowest BCUT2D eigenvalue weighted by Crippen LogP contribution is -2.08. The number of hydrogen-bond acceptors (Lipinski definition) is 5. The molecule has 1 aromatic heterocycles. The zero-order chi connectivity index (χ0) is 13.1. The van der Waals surface area contributed by atoms with Crippen LogP contribution in [0.25, 0.3) is 11.4 Å². The molecule has 0 saturated heterocycles. The van der Waals surface area contributed by atoms with Gasteiger partial charge in [-0.05, 0) is 40.5 Å². The second-order valence-corrected chi connectivity index (χ2v) is 4.67.